The van der Waals surface area contributed by atoms with Crippen LogP contribution in [0, 0.1) is 18.8 Å². The first-order valence-electron chi connectivity index (χ1n) is 6.02. The summed E-state index contributed by atoms with van der Waals surface area (Å²) in [4.78, 5) is 6.00. The molecule has 3 aromatic rings. The summed E-state index contributed by atoms with van der Waals surface area (Å²) < 4.78 is 0. The van der Waals surface area contributed by atoms with E-state index < -0.39 is 0 Å². The van der Waals surface area contributed by atoms with Crippen LogP contribution in [0.1, 0.15) is 17.1 Å². The Morgan fingerprint density at radius 1 is 1.21 bits per heavy atom. The molecule has 0 spiro atoms. The third-order valence-electron chi connectivity index (χ3n) is 2.58. The van der Waals surface area contributed by atoms with Gasteiger partial charge in [0.15, 0.2) is 5.01 Å². The maximum Gasteiger partial charge on any atom is 0.167 e. The van der Waals surface area contributed by atoms with Crippen molar-refractivity contribution in [3.63, 3.8) is 0 Å². The highest BCUT2D eigenvalue weighted by Crippen LogP contribution is 2.08. The first-order chi connectivity index (χ1) is 9.31. The highest BCUT2D eigenvalue weighted by Gasteiger charge is 1.99. The average Bonchev–Trinajstić information content (AvgIpc) is 3.00. The van der Waals surface area contributed by atoms with Crippen molar-refractivity contribution in [2.75, 3.05) is 0 Å². The lowest BCUT2D eigenvalue weighted by Crippen LogP contribution is -2.00. The lowest BCUT2D eigenvalue weighted by atomic mass is 10.3. The number of hydrogen-bond acceptors (Lipinski definition) is 4. The largest absolute Gasteiger partial charge is 0.233 e. The van der Waals surface area contributed by atoms with Gasteiger partial charge >= 0.3 is 0 Å². The molecular formula is C14H12N4S. The number of aryl methyl sites for hydroxylation is 2. The number of hydrogen-bond donors (Lipinski definition) is 0. The smallest absolute Gasteiger partial charge is 0.167 e. The van der Waals surface area contributed by atoms with Crippen molar-refractivity contribution in [1.82, 2.24) is 20.0 Å². The molecule has 2 heterocycles. The number of fused-ring (bicyclic) bond motifs is 1. The van der Waals surface area contributed by atoms with Gasteiger partial charge in [0.25, 0.3) is 0 Å². The van der Waals surface area contributed by atoms with Gasteiger partial charge in [-0.15, -0.1) is 11.3 Å². The molecule has 1 aromatic carbocycles. The molecule has 0 aliphatic rings. The topological polar surface area (TPSA) is 43.6 Å². The molecule has 0 bridgehead atoms. The summed E-state index contributed by atoms with van der Waals surface area (Å²) in [6.07, 6.45) is 0.722. The highest BCUT2D eigenvalue weighted by atomic mass is 32.1. The second-order valence-electron chi connectivity index (χ2n) is 4.13. The Kier molecular flexibility index (Phi) is 3.25. The summed E-state index contributed by atoms with van der Waals surface area (Å²) in [6.45, 7) is 2.67. The summed E-state index contributed by atoms with van der Waals surface area (Å²) in [5.74, 6) is 6.16. The third-order valence-corrected chi connectivity index (χ3v) is 3.45. The van der Waals surface area contributed by atoms with Crippen molar-refractivity contribution < 1.29 is 0 Å². The molecule has 0 atom stereocenters. The van der Waals surface area contributed by atoms with Crippen LogP contribution in [0.25, 0.3) is 11.0 Å². The van der Waals surface area contributed by atoms with E-state index in [2.05, 4.69) is 27.0 Å². The maximum atomic E-state index is 4.39. The predicted octanol–water partition coefficient (Wildman–Crippen LogP) is 2.64. The Bertz CT molecular complexity index is 727. The molecule has 0 N–H and O–H groups in total. The van der Waals surface area contributed by atoms with Gasteiger partial charge in [-0.05, 0) is 25.0 Å². The first kappa shape index (κ1) is 11.9. The van der Waals surface area contributed by atoms with Gasteiger partial charge in [-0.3, -0.25) is 0 Å². The fraction of sp³-hybridized carbons (Fsp3) is 0.214. The van der Waals surface area contributed by atoms with Gasteiger partial charge in [-0.1, -0.05) is 18.1 Å². The highest BCUT2D eigenvalue weighted by molar-refractivity contribution is 7.10. The molecule has 0 unspecified atom stereocenters. The summed E-state index contributed by atoms with van der Waals surface area (Å²) in [5, 5.41) is 11.6. The average molecular weight is 268 g/mol. The second kappa shape index (κ2) is 5.21. The van der Waals surface area contributed by atoms with Crippen LogP contribution >= 0.6 is 11.3 Å². The zero-order valence-corrected chi connectivity index (χ0v) is 11.3. The number of benzene rings is 1. The zero-order chi connectivity index (χ0) is 13.1. The lowest BCUT2D eigenvalue weighted by molar-refractivity contribution is 0.555. The Morgan fingerprint density at radius 2 is 1.95 bits per heavy atom. The van der Waals surface area contributed by atoms with Gasteiger partial charge < -0.3 is 0 Å². The van der Waals surface area contributed by atoms with E-state index in [4.69, 9.17) is 0 Å². The second-order valence-corrected chi connectivity index (χ2v) is 4.99. The van der Waals surface area contributed by atoms with Crippen LogP contribution in [-0.2, 0) is 6.54 Å². The standard InChI is InChI=1S/C14H12N4S/c1-11-10-19-14(15-11)8-4-5-9-18-16-12-6-2-3-7-13(12)17-18/h2-3,6-7,10H,5,9H2,1H3. The molecule has 3 rings (SSSR count). The lowest BCUT2D eigenvalue weighted by Gasteiger charge is -1.91. The van der Waals surface area contributed by atoms with E-state index in [0.29, 0.717) is 6.54 Å². The number of nitrogens with zero attached hydrogens (tertiary/aromatic N) is 4. The van der Waals surface area contributed by atoms with E-state index in [1.54, 1.807) is 16.1 Å². The van der Waals surface area contributed by atoms with E-state index in [-0.39, 0.29) is 0 Å². The molecule has 4 nitrogen and oxygen atoms in total. The Hall–Kier alpha value is -2.19. The molecule has 0 aliphatic heterocycles. The maximum absolute atomic E-state index is 4.39. The molecular weight excluding hydrogens is 256 g/mol. The van der Waals surface area contributed by atoms with Crippen molar-refractivity contribution in [3.8, 4) is 11.8 Å². The van der Waals surface area contributed by atoms with Gasteiger partial charge in [0.1, 0.15) is 11.0 Å². The molecule has 0 amide bonds. The van der Waals surface area contributed by atoms with Crippen LogP contribution in [0.15, 0.2) is 29.6 Å². The molecule has 0 saturated carbocycles. The fourth-order valence-corrected chi connectivity index (χ4v) is 2.37. The molecule has 0 saturated heterocycles. The zero-order valence-electron chi connectivity index (χ0n) is 10.5. The Labute approximate surface area is 115 Å². The predicted molar refractivity (Wildman–Crippen MR) is 75.9 cm³/mol. The molecule has 0 radical (unpaired) electrons. The Morgan fingerprint density at radius 3 is 2.58 bits per heavy atom. The SMILES string of the molecule is Cc1csc(C#CCCn2nc3ccccc3n2)n1. The molecule has 19 heavy (non-hydrogen) atoms. The van der Waals surface area contributed by atoms with Crippen molar-refractivity contribution in [1.29, 1.82) is 0 Å². The van der Waals surface area contributed by atoms with Crippen LogP contribution in [-0.4, -0.2) is 20.0 Å². The van der Waals surface area contributed by atoms with Gasteiger partial charge in [0, 0.05) is 17.5 Å². The van der Waals surface area contributed by atoms with Gasteiger partial charge in [0.2, 0.25) is 0 Å². The molecule has 94 valence electrons. The summed E-state index contributed by atoms with van der Waals surface area (Å²) in [6, 6.07) is 7.85. The third kappa shape index (κ3) is 2.80. The van der Waals surface area contributed by atoms with E-state index in [1.165, 1.54) is 0 Å². The summed E-state index contributed by atoms with van der Waals surface area (Å²) in [5.41, 5.74) is 2.87. The van der Waals surface area contributed by atoms with Gasteiger partial charge in [-0.25, -0.2) is 4.98 Å². The van der Waals surface area contributed by atoms with Crippen molar-refractivity contribution >= 4 is 22.4 Å². The van der Waals surface area contributed by atoms with Crippen LogP contribution in [0.2, 0.25) is 0 Å². The minimum Gasteiger partial charge on any atom is -0.233 e. The summed E-state index contributed by atoms with van der Waals surface area (Å²) in [7, 11) is 0. The minimum absolute atomic E-state index is 0.700. The fourth-order valence-electron chi connectivity index (χ4n) is 1.71. The molecule has 5 heteroatoms. The van der Waals surface area contributed by atoms with E-state index in [0.717, 1.165) is 28.2 Å². The van der Waals surface area contributed by atoms with Crippen molar-refractivity contribution in [2.24, 2.45) is 0 Å². The number of rotatable bonds is 2. The van der Waals surface area contributed by atoms with E-state index in [9.17, 15) is 0 Å². The molecule has 2 aromatic heterocycles. The van der Waals surface area contributed by atoms with Crippen LogP contribution < -0.4 is 0 Å². The van der Waals surface area contributed by atoms with Crippen LogP contribution in [0.4, 0.5) is 0 Å². The normalized spacial score (nSPS) is 10.4. The quantitative estimate of drug-likeness (QED) is 0.671. The van der Waals surface area contributed by atoms with Crippen LogP contribution in [0.5, 0.6) is 0 Å². The monoisotopic (exact) mass is 268 g/mol. The van der Waals surface area contributed by atoms with Crippen molar-refractivity contribution in [3.05, 3.63) is 40.3 Å². The van der Waals surface area contributed by atoms with E-state index in [1.807, 2.05) is 36.6 Å². The number of aromatic nitrogens is 4. The van der Waals surface area contributed by atoms with Crippen molar-refractivity contribution in [2.45, 2.75) is 19.9 Å². The van der Waals surface area contributed by atoms with Gasteiger partial charge in [-0.2, -0.15) is 15.0 Å². The minimum atomic E-state index is 0.700. The molecule has 0 fully saturated rings. The van der Waals surface area contributed by atoms with E-state index >= 15 is 0 Å². The first-order valence-corrected chi connectivity index (χ1v) is 6.90. The van der Waals surface area contributed by atoms with Gasteiger partial charge in [0.05, 0.1) is 6.54 Å². The number of thiazole rings is 1. The molecule has 0 aliphatic carbocycles. The van der Waals surface area contributed by atoms with Crippen LogP contribution in [0.3, 0.4) is 0 Å². The summed E-state index contributed by atoms with van der Waals surface area (Å²) >= 11 is 1.58. The Balaban J connectivity index is 1.65.